The summed E-state index contributed by atoms with van der Waals surface area (Å²) < 4.78 is 5.49. The highest BCUT2D eigenvalue weighted by Crippen LogP contribution is 2.38. The van der Waals surface area contributed by atoms with E-state index >= 15 is 0 Å². The van der Waals surface area contributed by atoms with Crippen LogP contribution < -0.4 is 5.32 Å². The summed E-state index contributed by atoms with van der Waals surface area (Å²) in [6.45, 7) is 1.75. The zero-order chi connectivity index (χ0) is 11.6. The molecule has 16 heavy (non-hydrogen) atoms. The second-order valence-corrected chi connectivity index (χ2v) is 5.03. The molecule has 92 valence electrons. The highest BCUT2D eigenvalue weighted by molar-refractivity contribution is 5.77. The normalized spacial score (nSPS) is 27.9. The van der Waals surface area contributed by atoms with Crippen LogP contribution in [0.3, 0.4) is 0 Å². The van der Waals surface area contributed by atoms with Crippen LogP contribution in [0.4, 0.5) is 0 Å². The fourth-order valence-corrected chi connectivity index (χ4v) is 2.63. The Morgan fingerprint density at radius 2 is 2.31 bits per heavy atom. The number of likely N-dealkylation sites (tertiary alicyclic amines) is 1. The molecule has 1 heterocycles. The predicted molar refractivity (Wildman–Crippen MR) is 62.3 cm³/mol. The summed E-state index contributed by atoms with van der Waals surface area (Å²) in [6, 6.07) is 0.476. The van der Waals surface area contributed by atoms with E-state index in [4.69, 9.17) is 4.74 Å². The van der Waals surface area contributed by atoms with Gasteiger partial charge in [-0.3, -0.25) is 4.79 Å². The van der Waals surface area contributed by atoms with Crippen LogP contribution in [0.2, 0.25) is 0 Å². The highest BCUT2D eigenvalue weighted by atomic mass is 16.5. The molecule has 0 aromatic carbocycles. The Kier molecular flexibility index (Phi) is 3.50. The molecular formula is C12H22N2O2. The van der Waals surface area contributed by atoms with Crippen LogP contribution in [0.5, 0.6) is 0 Å². The first-order valence-electron chi connectivity index (χ1n) is 6.19. The SMILES string of the molecule is CNC1CCN(C(=O)CC2(OC)CCC2)C1. The number of carbonyl (C=O) groups excluding carboxylic acids is 1. The van der Waals surface area contributed by atoms with Crippen molar-refractivity contribution < 1.29 is 9.53 Å². The van der Waals surface area contributed by atoms with E-state index in [0.29, 0.717) is 12.5 Å². The summed E-state index contributed by atoms with van der Waals surface area (Å²) in [6.07, 6.45) is 4.92. The van der Waals surface area contributed by atoms with Crippen molar-refractivity contribution >= 4 is 5.91 Å². The van der Waals surface area contributed by atoms with E-state index in [1.807, 2.05) is 11.9 Å². The molecule has 0 aromatic heterocycles. The molecule has 2 rings (SSSR count). The van der Waals surface area contributed by atoms with E-state index in [2.05, 4.69) is 5.32 Å². The smallest absolute Gasteiger partial charge is 0.225 e. The number of hydrogen-bond donors (Lipinski definition) is 1. The predicted octanol–water partition coefficient (Wildman–Crippen LogP) is 0.766. The first kappa shape index (κ1) is 11.9. The molecule has 0 radical (unpaired) electrons. The van der Waals surface area contributed by atoms with E-state index in [9.17, 15) is 4.79 Å². The van der Waals surface area contributed by atoms with Crippen LogP contribution in [0.15, 0.2) is 0 Å². The van der Waals surface area contributed by atoms with Gasteiger partial charge in [-0.15, -0.1) is 0 Å². The van der Waals surface area contributed by atoms with E-state index in [1.165, 1.54) is 6.42 Å². The summed E-state index contributed by atoms with van der Waals surface area (Å²) in [5.41, 5.74) is -0.130. The molecule has 0 aromatic rings. The van der Waals surface area contributed by atoms with Gasteiger partial charge in [-0.05, 0) is 32.7 Å². The summed E-state index contributed by atoms with van der Waals surface area (Å²) in [4.78, 5) is 14.1. The number of methoxy groups -OCH3 is 1. The standard InChI is InChI=1S/C12H22N2O2/c1-13-10-4-7-14(9-10)11(15)8-12(16-2)5-3-6-12/h10,13H,3-9H2,1-2H3. The lowest BCUT2D eigenvalue weighted by atomic mass is 9.77. The van der Waals surface area contributed by atoms with E-state index in [1.54, 1.807) is 7.11 Å². The minimum absolute atomic E-state index is 0.130. The Bertz CT molecular complexity index is 258. The van der Waals surface area contributed by atoms with Gasteiger partial charge in [-0.1, -0.05) is 0 Å². The van der Waals surface area contributed by atoms with Crippen LogP contribution >= 0.6 is 0 Å². The van der Waals surface area contributed by atoms with Crippen molar-refractivity contribution in [2.45, 2.75) is 43.7 Å². The summed E-state index contributed by atoms with van der Waals surface area (Å²) in [5, 5.41) is 3.23. The van der Waals surface area contributed by atoms with Gasteiger partial charge in [0.2, 0.25) is 5.91 Å². The number of ether oxygens (including phenoxy) is 1. The molecule has 4 heteroatoms. The van der Waals surface area contributed by atoms with Gasteiger partial charge in [0.05, 0.1) is 12.0 Å². The van der Waals surface area contributed by atoms with Crippen molar-refractivity contribution in [3.8, 4) is 0 Å². The van der Waals surface area contributed by atoms with Gasteiger partial charge in [-0.25, -0.2) is 0 Å². The number of nitrogens with zero attached hydrogens (tertiary/aromatic N) is 1. The van der Waals surface area contributed by atoms with Gasteiger partial charge in [0, 0.05) is 26.2 Å². The van der Waals surface area contributed by atoms with Crippen molar-refractivity contribution in [1.82, 2.24) is 10.2 Å². The molecule has 1 unspecified atom stereocenters. The maximum atomic E-state index is 12.1. The Hall–Kier alpha value is -0.610. The topological polar surface area (TPSA) is 41.6 Å². The fourth-order valence-electron chi connectivity index (χ4n) is 2.63. The van der Waals surface area contributed by atoms with Gasteiger partial charge < -0.3 is 15.0 Å². The molecule has 1 aliphatic heterocycles. The number of amides is 1. The van der Waals surface area contributed by atoms with Crippen LogP contribution in [0.1, 0.15) is 32.1 Å². The molecular weight excluding hydrogens is 204 g/mol. The highest BCUT2D eigenvalue weighted by Gasteiger charge is 2.40. The van der Waals surface area contributed by atoms with Crippen molar-refractivity contribution in [3.05, 3.63) is 0 Å². The molecule has 1 amide bonds. The van der Waals surface area contributed by atoms with E-state index in [-0.39, 0.29) is 11.5 Å². The van der Waals surface area contributed by atoms with Gasteiger partial charge >= 0.3 is 0 Å². The number of likely N-dealkylation sites (N-methyl/N-ethyl adjacent to an activating group) is 1. The Labute approximate surface area is 97.3 Å². The Morgan fingerprint density at radius 3 is 2.75 bits per heavy atom. The van der Waals surface area contributed by atoms with Crippen LogP contribution in [-0.2, 0) is 9.53 Å². The number of hydrogen-bond acceptors (Lipinski definition) is 3. The quantitative estimate of drug-likeness (QED) is 0.769. The fraction of sp³-hybridized carbons (Fsp3) is 0.917. The Morgan fingerprint density at radius 1 is 1.56 bits per heavy atom. The average Bonchev–Trinajstić information content (AvgIpc) is 2.71. The lowest BCUT2D eigenvalue weighted by molar-refractivity contribution is -0.143. The molecule has 1 saturated carbocycles. The Balaban J connectivity index is 1.84. The van der Waals surface area contributed by atoms with E-state index in [0.717, 1.165) is 32.4 Å². The molecule has 2 fully saturated rings. The molecule has 4 nitrogen and oxygen atoms in total. The van der Waals surface area contributed by atoms with E-state index < -0.39 is 0 Å². The van der Waals surface area contributed by atoms with Crippen LogP contribution in [0, 0.1) is 0 Å². The van der Waals surface area contributed by atoms with Crippen molar-refractivity contribution in [3.63, 3.8) is 0 Å². The van der Waals surface area contributed by atoms with Gasteiger partial charge in [-0.2, -0.15) is 0 Å². The lowest BCUT2D eigenvalue weighted by Gasteiger charge is -2.40. The third kappa shape index (κ3) is 2.23. The number of rotatable bonds is 4. The van der Waals surface area contributed by atoms with Gasteiger partial charge in [0.15, 0.2) is 0 Å². The number of carbonyl (C=O) groups is 1. The maximum Gasteiger partial charge on any atom is 0.225 e. The first-order chi connectivity index (χ1) is 7.69. The minimum Gasteiger partial charge on any atom is -0.378 e. The van der Waals surface area contributed by atoms with Crippen LogP contribution in [0.25, 0.3) is 0 Å². The molecule has 1 aliphatic carbocycles. The third-order valence-corrected chi connectivity index (χ3v) is 4.12. The molecule has 1 saturated heterocycles. The second kappa shape index (κ2) is 4.72. The third-order valence-electron chi connectivity index (χ3n) is 4.12. The summed E-state index contributed by atoms with van der Waals surface area (Å²) in [7, 11) is 3.69. The molecule has 2 aliphatic rings. The second-order valence-electron chi connectivity index (χ2n) is 5.03. The van der Waals surface area contributed by atoms with Crippen molar-refractivity contribution in [2.24, 2.45) is 0 Å². The zero-order valence-electron chi connectivity index (χ0n) is 10.3. The molecule has 1 atom stereocenters. The van der Waals surface area contributed by atoms with Crippen molar-refractivity contribution in [1.29, 1.82) is 0 Å². The molecule has 0 spiro atoms. The molecule has 1 N–H and O–H groups in total. The van der Waals surface area contributed by atoms with Gasteiger partial charge in [0.25, 0.3) is 0 Å². The average molecular weight is 226 g/mol. The van der Waals surface area contributed by atoms with Crippen molar-refractivity contribution in [2.75, 3.05) is 27.2 Å². The largest absolute Gasteiger partial charge is 0.378 e. The number of nitrogens with one attached hydrogen (secondary N) is 1. The first-order valence-corrected chi connectivity index (χ1v) is 6.19. The molecule has 0 bridgehead atoms. The van der Waals surface area contributed by atoms with Crippen LogP contribution in [-0.4, -0.2) is 49.7 Å². The summed E-state index contributed by atoms with van der Waals surface area (Å²) >= 11 is 0. The zero-order valence-corrected chi connectivity index (χ0v) is 10.3. The van der Waals surface area contributed by atoms with Gasteiger partial charge in [0.1, 0.15) is 0 Å². The summed E-state index contributed by atoms with van der Waals surface area (Å²) in [5.74, 6) is 0.263. The lowest BCUT2D eigenvalue weighted by Crippen LogP contribution is -2.45. The monoisotopic (exact) mass is 226 g/mol. The maximum absolute atomic E-state index is 12.1. The minimum atomic E-state index is -0.130.